The minimum Gasteiger partial charge on any atom is -0.468 e. The summed E-state index contributed by atoms with van der Waals surface area (Å²) in [6.07, 6.45) is 0.975. The normalized spacial score (nSPS) is 31.7. The molecule has 136 valence electrons. The van der Waals surface area contributed by atoms with E-state index in [4.69, 9.17) is 4.74 Å². The summed E-state index contributed by atoms with van der Waals surface area (Å²) in [5.74, 6) is -1.01. The SMILES string of the molecule is CCC1NC(SC(CC)C(=O)OC)C2C(=O)N(C)C(=O)N(C)C2N1. The Morgan fingerprint density at radius 3 is 2.50 bits per heavy atom. The number of esters is 1. The van der Waals surface area contributed by atoms with E-state index < -0.39 is 5.92 Å². The third-order valence-corrected chi connectivity index (χ3v) is 6.16. The Kier molecular flexibility index (Phi) is 6.11. The predicted molar refractivity (Wildman–Crippen MR) is 91.0 cm³/mol. The zero-order valence-corrected chi connectivity index (χ0v) is 15.6. The molecule has 2 heterocycles. The average Bonchev–Trinajstić information content (AvgIpc) is 2.60. The van der Waals surface area contributed by atoms with Gasteiger partial charge >= 0.3 is 12.0 Å². The summed E-state index contributed by atoms with van der Waals surface area (Å²) in [7, 11) is 4.54. The van der Waals surface area contributed by atoms with E-state index in [1.807, 2.05) is 13.8 Å². The van der Waals surface area contributed by atoms with Crippen LogP contribution in [0.15, 0.2) is 0 Å². The molecule has 0 aromatic carbocycles. The molecular weight excluding hydrogens is 332 g/mol. The van der Waals surface area contributed by atoms with Gasteiger partial charge < -0.3 is 9.64 Å². The zero-order chi connectivity index (χ0) is 18.0. The number of methoxy groups -OCH3 is 1. The Bertz CT molecular complexity index is 518. The van der Waals surface area contributed by atoms with Gasteiger partial charge in [-0.25, -0.2) is 4.79 Å². The number of carbonyl (C=O) groups is 3. The first-order valence-electron chi connectivity index (χ1n) is 8.15. The third-order valence-electron chi connectivity index (χ3n) is 4.58. The zero-order valence-electron chi connectivity index (χ0n) is 14.7. The summed E-state index contributed by atoms with van der Waals surface area (Å²) in [6, 6.07) is -0.325. The van der Waals surface area contributed by atoms with Crippen molar-refractivity contribution >= 4 is 29.7 Å². The van der Waals surface area contributed by atoms with Crippen molar-refractivity contribution in [1.29, 1.82) is 0 Å². The highest BCUT2D eigenvalue weighted by Crippen LogP contribution is 2.34. The number of hydrogen-bond donors (Lipinski definition) is 2. The summed E-state index contributed by atoms with van der Waals surface area (Å²) in [5, 5.41) is 6.07. The lowest BCUT2D eigenvalue weighted by Crippen LogP contribution is -2.74. The molecule has 2 aliphatic heterocycles. The van der Waals surface area contributed by atoms with Crippen molar-refractivity contribution in [3.8, 4) is 0 Å². The monoisotopic (exact) mass is 358 g/mol. The lowest BCUT2D eigenvalue weighted by Gasteiger charge is -2.50. The second-order valence-corrected chi connectivity index (χ2v) is 7.38. The standard InChI is InChI=1S/C15H26N4O4S/c1-6-8(14(21)23-5)24-12-10-11(16-9(7-2)17-12)18(3)15(22)19(4)13(10)20/h8-12,16-17H,6-7H2,1-5H3. The minimum absolute atomic E-state index is 0.0367. The van der Waals surface area contributed by atoms with Crippen LogP contribution in [0.2, 0.25) is 0 Å². The fourth-order valence-electron chi connectivity index (χ4n) is 3.10. The van der Waals surface area contributed by atoms with Gasteiger partial charge in [0.2, 0.25) is 5.91 Å². The first-order valence-corrected chi connectivity index (χ1v) is 9.09. The van der Waals surface area contributed by atoms with Crippen LogP contribution in [-0.4, -0.2) is 71.9 Å². The molecule has 2 N–H and O–H groups in total. The molecule has 0 spiro atoms. The van der Waals surface area contributed by atoms with Crippen molar-refractivity contribution in [2.75, 3.05) is 21.2 Å². The van der Waals surface area contributed by atoms with Crippen molar-refractivity contribution < 1.29 is 19.1 Å². The van der Waals surface area contributed by atoms with Gasteiger partial charge in [0, 0.05) is 14.1 Å². The molecule has 0 bridgehead atoms. The molecular formula is C15H26N4O4S. The third kappa shape index (κ3) is 3.38. The Hall–Kier alpha value is -1.32. The summed E-state index contributed by atoms with van der Waals surface area (Å²) >= 11 is 1.40. The van der Waals surface area contributed by atoms with E-state index in [-0.39, 0.29) is 40.9 Å². The van der Waals surface area contributed by atoms with Crippen LogP contribution in [0.25, 0.3) is 0 Å². The number of fused-ring (bicyclic) bond motifs is 1. The number of nitrogens with one attached hydrogen (secondary N) is 2. The van der Waals surface area contributed by atoms with Gasteiger partial charge in [-0.05, 0) is 12.8 Å². The van der Waals surface area contributed by atoms with Gasteiger partial charge in [-0.2, -0.15) is 0 Å². The molecule has 2 aliphatic rings. The molecule has 5 unspecified atom stereocenters. The summed E-state index contributed by atoms with van der Waals surface area (Å²) in [5.41, 5.74) is 0. The number of ether oxygens (including phenoxy) is 1. The number of amides is 3. The Balaban J connectivity index is 2.28. The van der Waals surface area contributed by atoms with E-state index in [1.165, 1.54) is 25.9 Å². The Morgan fingerprint density at radius 1 is 1.29 bits per heavy atom. The van der Waals surface area contributed by atoms with Gasteiger partial charge in [-0.1, -0.05) is 13.8 Å². The number of rotatable bonds is 5. The van der Waals surface area contributed by atoms with Crippen molar-refractivity contribution in [1.82, 2.24) is 20.4 Å². The van der Waals surface area contributed by atoms with Gasteiger partial charge in [0.25, 0.3) is 0 Å². The number of imide groups is 1. The summed E-state index contributed by atoms with van der Waals surface area (Å²) in [6.45, 7) is 3.93. The second kappa shape index (κ2) is 7.71. The number of thioether (sulfide) groups is 1. The van der Waals surface area contributed by atoms with Crippen LogP contribution < -0.4 is 10.6 Å². The van der Waals surface area contributed by atoms with E-state index in [1.54, 1.807) is 11.9 Å². The largest absolute Gasteiger partial charge is 0.468 e. The minimum atomic E-state index is -0.468. The topological polar surface area (TPSA) is 91.0 Å². The molecule has 5 atom stereocenters. The van der Waals surface area contributed by atoms with Crippen molar-refractivity contribution in [3.05, 3.63) is 0 Å². The predicted octanol–water partition coefficient (Wildman–Crippen LogP) is 0.392. The summed E-state index contributed by atoms with van der Waals surface area (Å²) in [4.78, 5) is 39.6. The molecule has 24 heavy (non-hydrogen) atoms. The van der Waals surface area contributed by atoms with Gasteiger partial charge in [0.15, 0.2) is 0 Å². The van der Waals surface area contributed by atoms with Crippen LogP contribution in [0, 0.1) is 5.92 Å². The smallest absolute Gasteiger partial charge is 0.327 e. The maximum Gasteiger partial charge on any atom is 0.327 e. The first kappa shape index (κ1) is 19.0. The van der Waals surface area contributed by atoms with Crippen LogP contribution in [0.3, 0.4) is 0 Å². The number of carbonyl (C=O) groups excluding carboxylic acids is 3. The molecule has 3 amide bonds. The lowest BCUT2D eigenvalue weighted by atomic mass is 9.97. The van der Waals surface area contributed by atoms with Crippen LogP contribution in [0.4, 0.5) is 4.79 Å². The molecule has 0 radical (unpaired) electrons. The highest BCUT2D eigenvalue weighted by Gasteiger charge is 2.51. The van der Waals surface area contributed by atoms with Crippen LogP contribution >= 0.6 is 11.8 Å². The fraction of sp³-hybridized carbons (Fsp3) is 0.800. The lowest BCUT2D eigenvalue weighted by molar-refractivity contribution is -0.141. The van der Waals surface area contributed by atoms with Gasteiger partial charge in [0.05, 0.1) is 30.7 Å². The van der Waals surface area contributed by atoms with Crippen molar-refractivity contribution in [2.24, 2.45) is 5.92 Å². The molecule has 8 nitrogen and oxygen atoms in total. The van der Waals surface area contributed by atoms with Crippen LogP contribution in [0.1, 0.15) is 26.7 Å². The first-order chi connectivity index (χ1) is 11.3. The summed E-state index contributed by atoms with van der Waals surface area (Å²) < 4.78 is 4.86. The molecule has 2 rings (SSSR count). The number of nitrogens with zero attached hydrogens (tertiary/aromatic N) is 2. The maximum atomic E-state index is 12.7. The molecule has 0 aliphatic carbocycles. The molecule has 9 heteroatoms. The number of hydrogen-bond acceptors (Lipinski definition) is 7. The van der Waals surface area contributed by atoms with Crippen LogP contribution in [-0.2, 0) is 14.3 Å². The van der Waals surface area contributed by atoms with Gasteiger partial charge in [-0.3, -0.25) is 25.1 Å². The molecule has 0 aromatic heterocycles. The number of urea groups is 1. The second-order valence-electron chi connectivity index (χ2n) is 6.03. The molecule has 2 fully saturated rings. The van der Waals surface area contributed by atoms with E-state index in [0.29, 0.717) is 6.42 Å². The average molecular weight is 358 g/mol. The van der Waals surface area contributed by atoms with Crippen LogP contribution in [0.5, 0.6) is 0 Å². The molecule has 0 saturated carbocycles. The van der Waals surface area contributed by atoms with Crippen molar-refractivity contribution in [2.45, 2.75) is 49.6 Å². The Morgan fingerprint density at radius 2 is 1.96 bits per heavy atom. The maximum absolute atomic E-state index is 12.7. The van der Waals surface area contributed by atoms with Gasteiger partial charge in [0.1, 0.15) is 5.25 Å². The highest BCUT2D eigenvalue weighted by molar-refractivity contribution is 8.01. The highest BCUT2D eigenvalue weighted by atomic mass is 32.2. The Labute approximate surface area is 146 Å². The van der Waals surface area contributed by atoms with E-state index >= 15 is 0 Å². The fourth-order valence-corrected chi connectivity index (χ4v) is 4.53. The van der Waals surface area contributed by atoms with Gasteiger partial charge in [-0.15, -0.1) is 11.8 Å². The van der Waals surface area contributed by atoms with Crippen molar-refractivity contribution in [3.63, 3.8) is 0 Å². The quantitative estimate of drug-likeness (QED) is 0.687. The molecule has 2 saturated heterocycles. The molecule has 0 aromatic rings. The van der Waals surface area contributed by atoms with E-state index in [0.717, 1.165) is 11.3 Å². The van der Waals surface area contributed by atoms with E-state index in [2.05, 4.69) is 10.6 Å². The van der Waals surface area contributed by atoms with E-state index in [9.17, 15) is 14.4 Å².